The summed E-state index contributed by atoms with van der Waals surface area (Å²) in [5.74, 6) is 0.638. The number of nitrogens with zero attached hydrogens (tertiary/aromatic N) is 2. The number of fused-ring (bicyclic) bond motifs is 1. The average Bonchev–Trinajstić information content (AvgIpc) is 3.07. The lowest BCUT2D eigenvalue weighted by atomic mass is 10.1. The van der Waals surface area contributed by atoms with Gasteiger partial charge in [-0.25, -0.2) is 13.4 Å². The molecule has 9 nitrogen and oxygen atoms in total. The van der Waals surface area contributed by atoms with Gasteiger partial charge in [0.15, 0.2) is 21.3 Å². The number of sulfone groups is 1. The summed E-state index contributed by atoms with van der Waals surface area (Å²) in [5, 5.41) is 8.29. The van der Waals surface area contributed by atoms with Crippen molar-refractivity contribution in [3.63, 3.8) is 0 Å². The third kappa shape index (κ3) is 4.21. The molecule has 3 aliphatic heterocycles. The minimum atomic E-state index is -3.15. The minimum Gasteiger partial charge on any atom is -0.486 e. The van der Waals surface area contributed by atoms with Gasteiger partial charge in [-0.3, -0.25) is 9.59 Å². The highest BCUT2D eigenvalue weighted by Crippen LogP contribution is 2.32. The van der Waals surface area contributed by atoms with Crippen molar-refractivity contribution in [2.45, 2.75) is 38.3 Å². The SMILES string of the molecule is C[C@H](NC(=O)C1=NN([C@@H]2CCS(=O)(=O)C2)C(=O)CC1)c1ccc2c(c1)OCCO2. The topological polar surface area (TPSA) is 114 Å². The molecule has 0 unspecified atom stereocenters. The smallest absolute Gasteiger partial charge is 0.267 e. The normalized spacial score (nSPS) is 24.0. The number of benzene rings is 1. The van der Waals surface area contributed by atoms with Gasteiger partial charge in [0.05, 0.1) is 23.6 Å². The van der Waals surface area contributed by atoms with Crippen LogP contribution in [0.1, 0.15) is 37.8 Å². The molecular weight excluding hydrogens is 398 g/mol. The second kappa shape index (κ2) is 7.66. The molecule has 3 heterocycles. The maximum atomic E-state index is 12.7. The molecule has 0 aliphatic carbocycles. The molecule has 0 spiro atoms. The van der Waals surface area contributed by atoms with Crippen molar-refractivity contribution < 1.29 is 27.5 Å². The molecule has 156 valence electrons. The first-order valence-electron chi connectivity index (χ1n) is 9.63. The summed E-state index contributed by atoms with van der Waals surface area (Å²) in [6.07, 6.45) is 0.718. The third-order valence-corrected chi connectivity index (χ3v) is 7.04. The molecule has 10 heteroatoms. The predicted octanol–water partition coefficient (Wildman–Crippen LogP) is 0.800. The second-order valence-corrected chi connectivity index (χ2v) is 9.67. The van der Waals surface area contributed by atoms with Crippen LogP contribution < -0.4 is 14.8 Å². The number of hydrazone groups is 1. The standard InChI is InChI=1S/C19H23N3O6S/c1-12(13-2-4-16-17(10-13)28-8-7-27-16)20-19(24)15-3-5-18(23)22(21-15)14-6-9-29(25,26)11-14/h2,4,10,12,14H,3,5-9,11H2,1H3,(H,20,24)/t12-,14+/m0/s1. The van der Waals surface area contributed by atoms with E-state index in [2.05, 4.69) is 10.4 Å². The second-order valence-electron chi connectivity index (χ2n) is 7.44. The van der Waals surface area contributed by atoms with Gasteiger partial charge in [0.1, 0.15) is 18.9 Å². The first-order chi connectivity index (χ1) is 13.8. The maximum Gasteiger partial charge on any atom is 0.267 e. The van der Waals surface area contributed by atoms with Crippen molar-refractivity contribution in [3.8, 4) is 11.5 Å². The first-order valence-corrected chi connectivity index (χ1v) is 11.4. The fourth-order valence-electron chi connectivity index (χ4n) is 3.68. The molecular formula is C19H23N3O6S. The molecule has 3 aliphatic rings. The summed E-state index contributed by atoms with van der Waals surface area (Å²) >= 11 is 0. The Morgan fingerprint density at radius 2 is 2.00 bits per heavy atom. The van der Waals surface area contributed by atoms with E-state index in [9.17, 15) is 18.0 Å². The molecule has 1 aromatic carbocycles. The number of carbonyl (C=O) groups excluding carboxylic acids is 2. The lowest BCUT2D eigenvalue weighted by Gasteiger charge is -2.28. The van der Waals surface area contributed by atoms with Crippen LogP contribution in [-0.2, 0) is 19.4 Å². The third-order valence-electron chi connectivity index (χ3n) is 5.29. The number of ether oxygens (including phenoxy) is 2. The average molecular weight is 421 g/mol. The van der Waals surface area contributed by atoms with Crippen molar-refractivity contribution in [2.75, 3.05) is 24.7 Å². The summed E-state index contributed by atoms with van der Waals surface area (Å²) in [7, 11) is -3.15. The molecule has 4 rings (SSSR count). The van der Waals surface area contributed by atoms with Crippen LogP contribution in [-0.4, -0.2) is 61.7 Å². The molecule has 0 aromatic heterocycles. The van der Waals surface area contributed by atoms with Crippen LogP contribution in [0.5, 0.6) is 11.5 Å². The van der Waals surface area contributed by atoms with Crippen molar-refractivity contribution in [1.29, 1.82) is 0 Å². The molecule has 29 heavy (non-hydrogen) atoms. The van der Waals surface area contributed by atoms with Gasteiger partial charge in [-0.1, -0.05) is 6.07 Å². The molecule has 1 saturated heterocycles. The zero-order valence-corrected chi connectivity index (χ0v) is 16.9. The van der Waals surface area contributed by atoms with E-state index in [0.717, 1.165) is 5.56 Å². The van der Waals surface area contributed by atoms with E-state index in [0.29, 0.717) is 31.1 Å². The zero-order chi connectivity index (χ0) is 20.6. The summed E-state index contributed by atoms with van der Waals surface area (Å²) in [6, 6.07) is 4.71. The Balaban J connectivity index is 1.46. The molecule has 2 atom stereocenters. The Labute approximate surface area is 169 Å². The number of nitrogens with one attached hydrogen (secondary N) is 1. The van der Waals surface area contributed by atoms with Gasteiger partial charge in [-0.05, 0) is 31.0 Å². The Morgan fingerprint density at radius 3 is 2.72 bits per heavy atom. The lowest BCUT2D eigenvalue weighted by Crippen LogP contribution is -2.44. The number of rotatable bonds is 4. The maximum absolute atomic E-state index is 12.7. The van der Waals surface area contributed by atoms with Gasteiger partial charge < -0.3 is 14.8 Å². The lowest BCUT2D eigenvalue weighted by molar-refractivity contribution is -0.133. The highest BCUT2D eigenvalue weighted by atomic mass is 32.2. The number of hydrogen-bond acceptors (Lipinski definition) is 7. The molecule has 1 aromatic rings. The van der Waals surface area contributed by atoms with Crippen LogP contribution >= 0.6 is 0 Å². The summed E-state index contributed by atoms with van der Waals surface area (Å²) in [6.45, 7) is 2.84. The first kappa shape index (κ1) is 19.7. The van der Waals surface area contributed by atoms with E-state index >= 15 is 0 Å². The van der Waals surface area contributed by atoms with Crippen LogP contribution in [0.15, 0.2) is 23.3 Å². The van der Waals surface area contributed by atoms with E-state index in [-0.39, 0.29) is 47.9 Å². The molecule has 0 saturated carbocycles. The van der Waals surface area contributed by atoms with Gasteiger partial charge in [0, 0.05) is 12.8 Å². The van der Waals surface area contributed by atoms with Crippen LogP contribution in [0.2, 0.25) is 0 Å². The van der Waals surface area contributed by atoms with Gasteiger partial charge in [-0.15, -0.1) is 0 Å². The number of carbonyl (C=O) groups is 2. The summed E-state index contributed by atoms with van der Waals surface area (Å²) in [4.78, 5) is 24.9. The van der Waals surface area contributed by atoms with Crippen LogP contribution in [0, 0.1) is 0 Å². The minimum absolute atomic E-state index is 0.0413. The van der Waals surface area contributed by atoms with Crippen molar-refractivity contribution in [2.24, 2.45) is 5.10 Å². The monoisotopic (exact) mass is 421 g/mol. The Morgan fingerprint density at radius 1 is 1.24 bits per heavy atom. The van der Waals surface area contributed by atoms with Gasteiger partial charge in [0.25, 0.3) is 5.91 Å². The largest absolute Gasteiger partial charge is 0.486 e. The number of amides is 2. The quantitative estimate of drug-likeness (QED) is 0.769. The van der Waals surface area contributed by atoms with Gasteiger partial charge >= 0.3 is 0 Å². The Kier molecular flexibility index (Phi) is 5.20. The van der Waals surface area contributed by atoms with Gasteiger partial charge in [0.2, 0.25) is 5.91 Å². The molecule has 1 fully saturated rings. The highest BCUT2D eigenvalue weighted by Gasteiger charge is 2.37. The van der Waals surface area contributed by atoms with Crippen LogP contribution in [0.25, 0.3) is 0 Å². The van der Waals surface area contributed by atoms with Gasteiger partial charge in [-0.2, -0.15) is 5.10 Å². The van der Waals surface area contributed by atoms with Crippen LogP contribution in [0.3, 0.4) is 0 Å². The van der Waals surface area contributed by atoms with E-state index in [1.807, 2.05) is 25.1 Å². The van der Waals surface area contributed by atoms with Crippen LogP contribution in [0.4, 0.5) is 0 Å². The Hall–Kier alpha value is -2.62. The van der Waals surface area contributed by atoms with Crippen molar-refractivity contribution >= 4 is 27.4 Å². The number of hydrogen-bond donors (Lipinski definition) is 1. The molecule has 0 radical (unpaired) electrons. The molecule has 1 N–H and O–H groups in total. The van der Waals surface area contributed by atoms with Crippen molar-refractivity contribution in [1.82, 2.24) is 10.3 Å². The fraction of sp³-hybridized carbons (Fsp3) is 0.526. The summed E-state index contributed by atoms with van der Waals surface area (Å²) < 4.78 is 34.5. The van der Waals surface area contributed by atoms with E-state index in [1.165, 1.54) is 5.01 Å². The zero-order valence-electron chi connectivity index (χ0n) is 16.1. The fourth-order valence-corrected chi connectivity index (χ4v) is 5.37. The molecule has 0 bridgehead atoms. The van der Waals surface area contributed by atoms with Crippen molar-refractivity contribution in [3.05, 3.63) is 23.8 Å². The van der Waals surface area contributed by atoms with E-state index < -0.39 is 15.9 Å². The summed E-state index contributed by atoms with van der Waals surface area (Å²) in [5.41, 5.74) is 1.09. The Bertz CT molecular complexity index is 974. The van der Waals surface area contributed by atoms with E-state index in [4.69, 9.17) is 9.47 Å². The molecule has 2 amide bonds. The highest BCUT2D eigenvalue weighted by molar-refractivity contribution is 7.91. The van der Waals surface area contributed by atoms with E-state index in [1.54, 1.807) is 0 Å². The predicted molar refractivity (Wildman–Crippen MR) is 105 cm³/mol.